The minimum absolute atomic E-state index is 0.0235. The molecule has 0 radical (unpaired) electrons. The van der Waals surface area contributed by atoms with Crippen molar-refractivity contribution >= 4 is 34.5 Å². The van der Waals surface area contributed by atoms with Crippen molar-refractivity contribution in [2.75, 3.05) is 0 Å². The summed E-state index contributed by atoms with van der Waals surface area (Å²) in [7, 11) is 0. The molecule has 17 heavy (non-hydrogen) atoms. The third-order valence-electron chi connectivity index (χ3n) is 2.59. The maximum Gasteiger partial charge on any atom is 0.0960 e. The minimum Gasteiger partial charge on any atom is -0.323 e. The molecule has 2 aromatic rings. The van der Waals surface area contributed by atoms with Crippen LogP contribution in [0.15, 0.2) is 30.3 Å². The average Bonchev–Trinajstić information content (AvgIpc) is 2.59. The van der Waals surface area contributed by atoms with E-state index in [1.54, 1.807) is 11.3 Å². The summed E-state index contributed by atoms with van der Waals surface area (Å²) in [6, 6.07) is 9.82. The third kappa shape index (κ3) is 3.23. The van der Waals surface area contributed by atoms with Crippen LogP contribution in [0.1, 0.15) is 22.0 Å². The zero-order valence-electron chi connectivity index (χ0n) is 9.41. The second-order valence-electron chi connectivity index (χ2n) is 4.05. The zero-order chi connectivity index (χ0) is 12.4. The third-order valence-corrected chi connectivity index (χ3v) is 4.51. The van der Waals surface area contributed by atoms with E-state index < -0.39 is 0 Å². The Morgan fingerprint density at radius 3 is 2.65 bits per heavy atom. The topological polar surface area (TPSA) is 26.0 Å². The molecular weight excluding hydrogens is 273 g/mol. The van der Waals surface area contributed by atoms with Crippen LogP contribution in [-0.2, 0) is 6.42 Å². The van der Waals surface area contributed by atoms with Crippen molar-refractivity contribution in [2.24, 2.45) is 5.73 Å². The number of rotatable bonds is 3. The van der Waals surface area contributed by atoms with Gasteiger partial charge in [0.1, 0.15) is 0 Å². The number of benzene rings is 1. The molecule has 4 heteroatoms. The SMILES string of the molecule is Cc1cc(C(N)Cc2cccc(Cl)c2)sc1Cl. The molecule has 1 heterocycles. The summed E-state index contributed by atoms with van der Waals surface area (Å²) < 4.78 is 0.821. The van der Waals surface area contributed by atoms with Crippen LogP contribution in [0.25, 0.3) is 0 Å². The quantitative estimate of drug-likeness (QED) is 0.876. The molecule has 0 aliphatic heterocycles. The average molecular weight is 286 g/mol. The molecule has 1 unspecified atom stereocenters. The van der Waals surface area contributed by atoms with Crippen LogP contribution in [0.3, 0.4) is 0 Å². The van der Waals surface area contributed by atoms with Crippen molar-refractivity contribution < 1.29 is 0 Å². The molecule has 0 aliphatic rings. The van der Waals surface area contributed by atoms with Gasteiger partial charge in [-0.3, -0.25) is 0 Å². The molecular formula is C13H13Cl2NS. The first-order valence-corrected chi connectivity index (χ1v) is 6.89. The Morgan fingerprint density at radius 1 is 1.29 bits per heavy atom. The van der Waals surface area contributed by atoms with Crippen molar-refractivity contribution in [2.45, 2.75) is 19.4 Å². The van der Waals surface area contributed by atoms with Gasteiger partial charge in [0.15, 0.2) is 0 Å². The monoisotopic (exact) mass is 285 g/mol. The molecule has 0 aliphatic carbocycles. The number of nitrogens with two attached hydrogens (primary N) is 1. The van der Waals surface area contributed by atoms with Crippen molar-refractivity contribution in [3.63, 3.8) is 0 Å². The fourth-order valence-corrected chi connectivity index (χ4v) is 3.12. The Labute approximate surface area is 115 Å². The maximum atomic E-state index is 6.17. The lowest BCUT2D eigenvalue weighted by molar-refractivity contribution is 0.736. The molecule has 1 aromatic heterocycles. The van der Waals surface area contributed by atoms with Crippen LogP contribution in [0, 0.1) is 6.92 Å². The zero-order valence-corrected chi connectivity index (χ0v) is 11.7. The summed E-state index contributed by atoms with van der Waals surface area (Å²) in [5.74, 6) is 0. The van der Waals surface area contributed by atoms with Gasteiger partial charge in [0.2, 0.25) is 0 Å². The van der Waals surface area contributed by atoms with Gasteiger partial charge in [-0.05, 0) is 42.7 Å². The Kier molecular flexibility index (Phi) is 4.10. The lowest BCUT2D eigenvalue weighted by atomic mass is 10.1. The normalized spacial score (nSPS) is 12.7. The number of thiophene rings is 1. The van der Waals surface area contributed by atoms with E-state index in [2.05, 4.69) is 6.07 Å². The van der Waals surface area contributed by atoms with E-state index in [-0.39, 0.29) is 6.04 Å². The van der Waals surface area contributed by atoms with E-state index in [0.717, 1.165) is 31.8 Å². The van der Waals surface area contributed by atoms with E-state index in [1.165, 1.54) is 0 Å². The highest BCUT2D eigenvalue weighted by Crippen LogP contribution is 2.31. The first-order valence-electron chi connectivity index (χ1n) is 5.32. The van der Waals surface area contributed by atoms with Crippen LogP contribution in [-0.4, -0.2) is 0 Å². The Balaban J connectivity index is 2.14. The molecule has 1 nitrogen and oxygen atoms in total. The molecule has 1 atom stereocenters. The van der Waals surface area contributed by atoms with Gasteiger partial charge in [-0.2, -0.15) is 0 Å². The van der Waals surface area contributed by atoms with Crippen molar-refractivity contribution in [3.8, 4) is 0 Å². The van der Waals surface area contributed by atoms with Gasteiger partial charge in [-0.15, -0.1) is 11.3 Å². The van der Waals surface area contributed by atoms with Gasteiger partial charge in [-0.25, -0.2) is 0 Å². The molecule has 0 bridgehead atoms. The van der Waals surface area contributed by atoms with E-state index in [9.17, 15) is 0 Å². The Morgan fingerprint density at radius 2 is 2.06 bits per heavy atom. The predicted octanol–water partition coefficient (Wildman–Crippen LogP) is 4.61. The molecule has 90 valence electrons. The second kappa shape index (κ2) is 5.40. The van der Waals surface area contributed by atoms with Gasteiger partial charge >= 0.3 is 0 Å². The van der Waals surface area contributed by atoms with Gasteiger partial charge < -0.3 is 5.73 Å². The van der Waals surface area contributed by atoms with Crippen LogP contribution < -0.4 is 5.73 Å². The lowest BCUT2D eigenvalue weighted by Gasteiger charge is -2.09. The van der Waals surface area contributed by atoms with Gasteiger partial charge in [0, 0.05) is 15.9 Å². The maximum absolute atomic E-state index is 6.17. The van der Waals surface area contributed by atoms with Crippen LogP contribution in [0.5, 0.6) is 0 Å². The number of hydrogen-bond acceptors (Lipinski definition) is 2. The van der Waals surface area contributed by atoms with E-state index in [0.29, 0.717) is 0 Å². The molecule has 0 saturated carbocycles. The molecule has 0 fully saturated rings. The van der Waals surface area contributed by atoms with E-state index in [1.807, 2.05) is 31.2 Å². The van der Waals surface area contributed by atoms with Crippen LogP contribution in [0.4, 0.5) is 0 Å². The molecule has 0 saturated heterocycles. The van der Waals surface area contributed by atoms with E-state index in [4.69, 9.17) is 28.9 Å². The number of aryl methyl sites for hydroxylation is 1. The molecule has 1 aromatic carbocycles. The van der Waals surface area contributed by atoms with Gasteiger partial charge in [0.05, 0.1) is 4.34 Å². The van der Waals surface area contributed by atoms with Gasteiger partial charge in [0.25, 0.3) is 0 Å². The minimum atomic E-state index is -0.0235. The largest absolute Gasteiger partial charge is 0.323 e. The van der Waals surface area contributed by atoms with Gasteiger partial charge in [-0.1, -0.05) is 35.3 Å². The lowest BCUT2D eigenvalue weighted by Crippen LogP contribution is -2.11. The van der Waals surface area contributed by atoms with Crippen molar-refractivity contribution in [3.05, 3.63) is 55.7 Å². The number of halogens is 2. The van der Waals surface area contributed by atoms with E-state index >= 15 is 0 Å². The Hall–Kier alpha value is -0.540. The molecule has 2 N–H and O–H groups in total. The summed E-state index contributed by atoms with van der Waals surface area (Å²) in [5, 5.41) is 0.745. The fraction of sp³-hybridized carbons (Fsp3) is 0.231. The molecule has 2 rings (SSSR count). The summed E-state index contributed by atoms with van der Waals surface area (Å²) >= 11 is 13.5. The number of hydrogen-bond donors (Lipinski definition) is 1. The second-order valence-corrected chi connectivity index (χ2v) is 6.17. The highest BCUT2D eigenvalue weighted by Gasteiger charge is 2.12. The summed E-state index contributed by atoms with van der Waals surface area (Å²) in [6.45, 7) is 1.99. The Bertz CT molecular complexity index is 502. The predicted molar refractivity (Wildman–Crippen MR) is 76.2 cm³/mol. The molecule has 0 spiro atoms. The van der Waals surface area contributed by atoms with Crippen molar-refractivity contribution in [1.29, 1.82) is 0 Å². The smallest absolute Gasteiger partial charge is 0.0960 e. The first kappa shape index (κ1) is 12.9. The highest BCUT2D eigenvalue weighted by atomic mass is 35.5. The molecule has 0 amide bonds. The summed E-state index contributed by atoms with van der Waals surface area (Å²) in [5.41, 5.74) is 8.40. The summed E-state index contributed by atoms with van der Waals surface area (Å²) in [4.78, 5) is 1.12. The highest BCUT2D eigenvalue weighted by molar-refractivity contribution is 7.16. The van der Waals surface area contributed by atoms with Crippen LogP contribution >= 0.6 is 34.5 Å². The van der Waals surface area contributed by atoms with Crippen molar-refractivity contribution in [1.82, 2.24) is 0 Å². The summed E-state index contributed by atoms with van der Waals surface area (Å²) in [6.07, 6.45) is 0.775. The standard InChI is InChI=1S/C13H13Cl2NS/c1-8-5-12(17-13(8)15)11(16)7-9-3-2-4-10(14)6-9/h2-6,11H,7,16H2,1H3. The van der Waals surface area contributed by atoms with Crippen LogP contribution in [0.2, 0.25) is 9.36 Å². The fourth-order valence-electron chi connectivity index (χ4n) is 1.68. The first-order chi connectivity index (χ1) is 8.06.